The van der Waals surface area contributed by atoms with Crippen LogP contribution in [0.5, 0.6) is 0 Å². The minimum Gasteiger partial charge on any atom is -0.384 e. The lowest BCUT2D eigenvalue weighted by Crippen LogP contribution is -2.43. The van der Waals surface area contributed by atoms with Gasteiger partial charge in [0.2, 0.25) is 5.91 Å². The average molecular weight is 395 g/mol. The molecule has 1 unspecified atom stereocenters. The third-order valence-electron chi connectivity index (χ3n) is 4.22. The van der Waals surface area contributed by atoms with Crippen LogP contribution in [0.15, 0.2) is 42.6 Å². The molecule has 2 aromatic rings. The van der Waals surface area contributed by atoms with Gasteiger partial charge in [0.15, 0.2) is 0 Å². The van der Waals surface area contributed by atoms with Gasteiger partial charge in [-0.15, -0.1) is 12.4 Å². The normalized spacial score (nSPS) is 16.5. The molecule has 3 rings (SSSR count). The Hall–Kier alpha value is -2.31. The van der Waals surface area contributed by atoms with Crippen molar-refractivity contribution in [2.24, 2.45) is 5.92 Å². The summed E-state index contributed by atoms with van der Waals surface area (Å²) in [5.41, 5.74) is 6.71. The first-order chi connectivity index (χ1) is 12.0. The molecule has 1 aliphatic heterocycles. The second-order valence-corrected chi connectivity index (χ2v) is 6.49. The van der Waals surface area contributed by atoms with Crippen molar-refractivity contribution in [2.75, 3.05) is 24.1 Å². The number of benzene rings is 1. The van der Waals surface area contributed by atoms with E-state index >= 15 is 0 Å². The zero-order chi connectivity index (χ0) is 17.8. The Morgan fingerprint density at radius 3 is 2.58 bits per heavy atom. The van der Waals surface area contributed by atoms with Gasteiger partial charge in [-0.1, -0.05) is 11.6 Å². The Balaban J connectivity index is 0.00000243. The van der Waals surface area contributed by atoms with Crippen LogP contribution in [0.3, 0.4) is 0 Å². The minimum absolute atomic E-state index is 0. The number of aromatic nitrogens is 1. The van der Waals surface area contributed by atoms with E-state index in [1.165, 1.54) is 6.20 Å². The molecule has 6 nitrogen and oxygen atoms in total. The van der Waals surface area contributed by atoms with Crippen LogP contribution in [-0.4, -0.2) is 34.8 Å². The van der Waals surface area contributed by atoms with E-state index in [-0.39, 0.29) is 30.1 Å². The largest absolute Gasteiger partial charge is 0.384 e. The molecule has 1 aliphatic rings. The summed E-state index contributed by atoms with van der Waals surface area (Å²) in [6.45, 7) is 1.05. The van der Waals surface area contributed by atoms with E-state index in [0.717, 1.165) is 12.8 Å². The van der Waals surface area contributed by atoms with E-state index in [0.29, 0.717) is 35.2 Å². The predicted octanol–water partition coefficient (Wildman–Crippen LogP) is 3.23. The second-order valence-electron chi connectivity index (χ2n) is 6.06. The highest BCUT2D eigenvalue weighted by Crippen LogP contribution is 2.21. The lowest BCUT2D eigenvalue weighted by molar-refractivity contribution is -0.121. The van der Waals surface area contributed by atoms with Gasteiger partial charge in [-0.2, -0.15) is 0 Å². The van der Waals surface area contributed by atoms with Crippen molar-refractivity contribution in [3.63, 3.8) is 0 Å². The summed E-state index contributed by atoms with van der Waals surface area (Å²) >= 11 is 5.86. The molecule has 2 heterocycles. The van der Waals surface area contributed by atoms with Crippen LogP contribution in [0.2, 0.25) is 5.02 Å². The molecule has 1 saturated heterocycles. The van der Waals surface area contributed by atoms with Crippen molar-refractivity contribution in [3.8, 4) is 0 Å². The Morgan fingerprint density at radius 2 is 1.92 bits per heavy atom. The van der Waals surface area contributed by atoms with Crippen LogP contribution in [0.1, 0.15) is 23.2 Å². The number of carbonyl (C=O) groups excluding carboxylic acids is 2. The Bertz CT molecular complexity index is 766. The van der Waals surface area contributed by atoms with E-state index in [4.69, 9.17) is 17.3 Å². The molecule has 0 radical (unpaired) electrons. The van der Waals surface area contributed by atoms with E-state index in [1.807, 2.05) is 0 Å². The molecule has 26 heavy (non-hydrogen) atoms. The maximum absolute atomic E-state index is 12.6. The Morgan fingerprint density at radius 1 is 1.19 bits per heavy atom. The number of carbonyl (C=O) groups is 2. The number of hydrogen-bond acceptors (Lipinski definition) is 4. The monoisotopic (exact) mass is 394 g/mol. The van der Waals surface area contributed by atoms with Gasteiger partial charge < -0.3 is 16.0 Å². The maximum Gasteiger partial charge on any atom is 0.253 e. The number of amides is 2. The van der Waals surface area contributed by atoms with Crippen LogP contribution < -0.4 is 11.1 Å². The highest BCUT2D eigenvalue weighted by Gasteiger charge is 2.29. The van der Waals surface area contributed by atoms with E-state index in [1.54, 1.807) is 41.3 Å². The molecule has 2 amide bonds. The number of anilines is 2. The molecule has 8 heteroatoms. The van der Waals surface area contributed by atoms with Gasteiger partial charge in [-0.3, -0.25) is 9.59 Å². The second kappa shape index (κ2) is 8.87. The first-order valence-corrected chi connectivity index (χ1v) is 8.48. The molecule has 3 N–H and O–H groups in total. The molecule has 1 atom stereocenters. The van der Waals surface area contributed by atoms with Crippen LogP contribution in [0.4, 0.5) is 11.5 Å². The fourth-order valence-corrected chi connectivity index (χ4v) is 3.00. The first-order valence-electron chi connectivity index (χ1n) is 8.10. The number of hydrogen-bond donors (Lipinski definition) is 2. The van der Waals surface area contributed by atoms with Gasteiger partial charge in [0.25, 0.3) is 5.91 Å². The fraction of sp³-hybridized carbons (Fsp3) is 0.278. The number of pyridine rings is 1. The van der Waals surface area contributed by atoms with Crippen molar-refractivity contribution in [2.45, 2.75) is 12.8 Å². The molecule has 1 fully saturated rings. The number of piperidine rings is 1. The Kier molecular flexibility index (Phi) is 6.83. The van der Waals surface area contributed by atoms with Gasteiger partial charge in [-0.05, 0) is 49.2 Å². The number of rotatable bonds is 3. The van der Waals surface area contributed by atoms with Gasteiger partial charge >= 0.3 is 0 Å². The van der Waals surface area contributed by atoms with Crippen LogP contribution in [0.25, 0.3) is 0 Å². The first kappa shape index (κ1) is 20.0. The number of nitrogens with zero attached hydrogens (tertiary/aromatic N) is 2. The summed E-state index contributed by atoms with van der Waals surface area (Å²) in [6.07, 6.45) is 3.06. The van der Waals surface area contributed by atoms with Crippen molar-refractivity contribution >= 4 is 47.3 Å². The molecule has 0 aliphatic carbocycles. The molecule has 1 aromatic heterocycles. The number of nitrogens with two attached hydrogens (primary N) is 1. The summed E-state index contributed by atoms with van der Waals surface area (Å²) < 4.78 is 0. The molecular weight excluding hydrogens is 375 g/mol. The number of nitrogen functional groups attached to an aromatic ring is 1. The summed E-state index contributed by atoms with van der Waals surface area (Å²) in [5, 5.41) is 3.42. The van der Waals surface area contributed by atoms with Crippen molar-refractivity contribution < 1.29 is 9.59 Å². The minimum atomic E-state index is -0.248. The lowest BCUT2D eigenvalue weighted by Gasteiger charge is -2.32. The fourth-order valence-electron chi connectivity index (χ4n) is 2.87. The quantitative estimate of drug-likeness (QED) is 0.835. The van der Waals surface area contributed by atoms with E-state index < -0.39 is 0 Å². The SMILES string of the molecule is Cl.Nc1ccc(NC(=O)C2CCCN(C(=O)c3ccc(Cl)cc3)C2)cn1. The predicted molar refractivity (Wildman–Crippen MR) is 105 cm³/mol. The van der Waals surface area contributed by atoms with Crippen molar-refractivity contribution in [3.05, 3.63) is 53.2 Å². The maximum atomic E-state index is 12.6. The van der Waals surface area contributed by atoms with Gasteiger partial charge in [0.1, 0.15) is 5.82 Å². The van der Waals surface area contributed by atoms with Gasteiger partial charge in [-0.25, -0.2) is 4.98 Å². The van der Waals surface area contributed by atoms with Crippen molar-refractivity contribution in [1.29, 1.82) is 0 Å². The lowest BCUT2D eigenvalue weighted by atomic mass is 9.96. The average Bonchev–Trinajstić information content (AvgIpc) is 2.64. The Labute approximate surface area is 163 Å². The van der Waals surface area contributed by atoms with Crippen molar-refractivity contribution in [1.82, 2.24) is 9.88 Å². The third kappa shape index (κ3) is 4.86. The summed E-state index contributed by atoms with van der Waals surface area (Å²) in [7, 11) is 0. The van der Waals surface area contributed by atoms with Gasteiger partial charge in [0, 0.05) is 23.7 Å². The zero-order valence-electron chi connectivity index (χ0n) is 14.0. The molecule has 0 saturated carbocycles. The highest BCUT2D eigenvalue weighted by molar-refractivity contribution is 6.30. The molecular formula is C18H20Cl2N4O2. The summed E-state index contributed by atoms with van der Waals surface area (Å²) in [5.74, 6) is -0.0403. The third-order valence-corrected chi connectivity index (χ3v) is 4.48. The molecule has 1 aromatic carbocycles. The molecule has 138 valence electrons. The smallest absolute Gasteiger partial charge is 0.253 e. The number of likely N-dealkylation sites (tertiary alicyclic amines) is 1. The van der Waals surface area contributed by atoms with E-state index in [2.05, 4.69) is 10.3 Å². The van der Waals surface area contributed by atoms with Crippen LogP contribution in [0, 0.1) is 5.92 Å². The number of halogens is 2. The zero-order valence-corrected chi connectivity index (χ0v) is 15.6. The topological polar surface area (TPSA) is 88.3 Å². The van der Waals surface area contributed by atoms with Crippen LogP contribution >= 0.6 is 24.0 Å². The summed E-state index contributed by atoms with van der Waals surface area (Å²) in [4.78, 5) is 30.8. The molecule has 0 bridgehead atoms. The summed E-state index contributed by atoms with van der Waals surface area (Å²) in [6, 6.07) is 10.1. The van der Waals surface area contributed by atoms with E-state index in [9.17, 15) is 9.59 Å². The van der Waals surface area contributed by atoms with Crippen LogP contribution in [-0.2, 0) is 4.79 Å². The highest BCUT2D eigenvalue weighted by atomic mass is 35.5. The number of nitrogens with one attached hydrogen (secondary N) is 1. The van der Waals surface area contributed by atoms with Gasteiger partial charge in [0.05, 0.1) is 17.8 Å². The molecule has 0 spiro atoms. The standard InChI is InChI=1S/C18H19ClN4O2.ClH/c19-14-5-3-12(4-6-14)18(25)23-9-1-2-13(11-23)17(24)22-15-7-8-16(20)21-10-15;/h3-8,10,13H,1-2,9,11H2,(H2,20,21)(H,22,24);1H.